The van der Waals surface area contributed by atoms with Crippen LogP contribution in [0.4, 0.5) is 5.69 Å². The number of H-pyrrole nitrogens is 1. The van der Waals surface area contributed by atoms with Crippen molar-refractivity contribution >= 4 is 51.9 Å². The maximum atomic E-state index is 12.9. The molecular weight excluding hydrogens is 420 g/mol. The van der Waals surface area contributed by atoms with Gasteiger partial charge in [0.2, 0.25) is 0 Å². The van der Waals surface area contributed by atoms with Crippen LogP contribution in [0.1, 0.15) is 43.8 Å². The van der Waals surface area contributed by atoms with Crippen molar-refractivity contribution in [3.05, 3.63) is 81.2 Å². The molecule has 162 valence electrons. The normalized spacial score (nSPS) is 11.2. The van der Waals surface area contributed by atoms with Gasteiger partial charge in [-0.2, -0.15) is 5.10 Å². The van der Waals surface area contributed by atoms with E-state index in [4.69, 9.17) is 0 Å². The third-order valence-electron chi connectivity index (χ3n) is 5.36. The number of fused-ring (bicyclic) bond motifs is 1. The summed E-state index contributed by atoms with van der Waals surface area (Å²) >= 11 is 1.40. The molecule has 2 amide bonds. The third kappa shape index (κ3) is 4.33. The second-order valence-electron chi connectivity index (χ2n) is 7.50. The van der Waals surface area contributed by atoms with E-state index in [-0.39, 0.29) is 11.8 Å². The Bertz CT molecular complexity index is 1320. The molecule has 2 aromatic carbocycles. The van der Waals surface area contributed by atoms with Crippen LogP contribution in [0.3, 0.4) is 0 Å². The van der Waals surface area contributed by atoms with Crippen LogP contribution in [0.15, 0.2) is 53.9 Å². The van der Waals surface area contributed by atoms with Gasteiger partial charge in [-0.05, 0) is 60.7 Å². The molecule has 0 saturated heterocycles. The highest BCUT2D eigenvalue weighted by atomic mass is 32.1. The molecule has 0 bridgehead atoms. The summed E-state index contributed by atoms with van der Waals surface area (Å²) in [7, 11) is 1.76. The monoisotopic (exact) mass is 444 g/mol. The molecule has 2 N–H and O–H groups in total. The van der Waals surface area contributed by atoms with Crippen molar-refractivity contribution in [1.29, 1.82) is 0 Å². The molecule has 4 aromatic rings. The number of carbonyl (C=O) groups excluding carboxylic acids is 2. The fourth-order valence-electron chi connectivity index (χ4n) is 3.37. The van der Waals surface area contributed by atoms with Gasteiger partial charge in [-0.3, -0.25) is 14.7 Å². The van der Waals surface area contributed by atoms with Gasteiger partial charge in [0.1, 0.15) is 0 Å². The molecule has 7 heteroatoms. The van der Waals surface area contributed by atoms with Crippen LogP contribution in [0.25, 0.3) is 23.1 Å². The number of amides is 2. The van der Waals surface area contributed by atoms with E-state index in [2.05, 4.69) is 15.5 Å². The minimum atomic E-state index is -0.189. The van der Waals surface area contributed by atoms with Gasteiger partial charge < -0.3 is 10.2 Å². The van der Waals surface area contributed by atoms with Crippen LogP contribution in [0, 0.1) is 6.92 Å². The van der Waals surface area contributed by atoms with Crippen molar-refractivity contribution in [3.8, 4) is 0 Å². The van der Waals surface area contributed by atoms with E-state index in [9.17, 15) is 9.59 Å². The molecule has 32 heavy (non-hydrogen) atoms. The Kier molecular flexibility index (Phi) is 6.18. The predicted octanol–water partition coefficient (Wildman–Crippen LogP) is 5.45. The summed E-state index contributed by atoms with van der Waals surface area (Å²) in [6, 6.07) is 15.2. The number of para-hydroxylation sites is 1. The van der Waals surface area contributed by atoms with Gasteiger partial charge in [0.15, 0.2) is 0 Å². The number of aromatic nitrogens is 2. The zero-order chi connectivity index (χ0) is 22.7. The molecule has 0 aliphatic heterocycles. The minimum Gasteiger partial charge on any atom is -0.342 e. The molecule has 0 saturated carbocycles. The number of nitrogens with one attached hydrogen (secondary N) is 2. The molecular formula is C25H24N4O2S. The number of nitrogens with zero attached hydrogens (tertiary/aromatic N) is 2. The number of hydrogen-bond acceptors (Lipinski definition) is 4. The number of carbonyl (C=O) groups is 2. The zero-order valence-corrected chi connectivity index (χ0v) is 19.0. The number of hydrogen-bond donors (Lipinski definition) is 2. The molecule has 6 nitrogen and oxygen atoms in total. The van der Waals surface area contributed by atoms with Gasteiger partial charge in [0.05, 0.1) is 16.1 Å². The maximum Gasteiger partial charge on any atom is 0.266 e. The van der Waals surface area contributed by atoms with Gasteiger partial charge in [0.25, 0.3) is 11.8 Å². The SMILES string of the molecule is CCN(C)C(=O)c1ccc(/C=C/c2n[nH]c3ccccc23)c(NC(=O)c2sccc2C)c1. The first kappa shape index (κ1) is 21.5. The Balaban J connectivity index is 1.71. The van der Waals surface area contributed by atoms with E-state index in [0.29, 0.717) is 22.7 Å². The van der Waals surface area contributed by atoms with Crippen LogP contribution in [-0.4, -0.2) is 40.5 Å². The number of aromatic amines is 1. The summed E-state index contributed by atoms with van der Waals surface area (Å²) in [5.41, 5.74) is 4.57. The highest BCUT2D eigenvalue weighted by Crippen LogP contribution is 2.25. The maximum absolute atomic E-state index is 12.9. The number of aryl methyl sites for hydroxylation is 1. The van der Waals surface area contributed by atoms with E-state index < -0.39 is 0 Å². The average Bonchev–Trinajstić information content (AvgIpc) is 3.43. The molecule has 0 atom stereocenters. The van der Waals surface area contributed by atoms with E-state index in [1.165, 1.54) is 11.3 Å². The molecule has 0 aliphatic rings. The highest BCUT2D eigenvalue weighted by molar-refractivity contribution is 7.12. The quantitative estimate of drug-likeness (QED) is 0.415. The van der Waals surface area contributed by atoms with Crippen LogP contribution >= 0.6 is 11.3 Å². The smallest absolute Gasteiger partial charge is 0.266 e. The second kappa shape index (κ2) is 9.20. The lowest BCUT2D eigenvalue weighted by molar-refractivity contribution is 0.0802. The van der Waals surface area contributed by atoms with Gasteiger partial charge >= 0.3 is 0 Å². The Morgan fingerprint density at radius 2 is 1.97 bits per heavy atom. The highest BCUT2D eigenvalue weighted by Gasteiger charge is 2.16. The lowest BCUT2D eigenvalue weighted by Gasteiger charge is -2.16. The second-order valence-corrected chi connectivity index (χ2v) is 8.41. The molecule has 0 fully saturated rings. The predicted molar refractivity (Wildman–Crippen MR) is 131 cm³/mol. The van der Waals surface area contributed by atoms with E-state index in [1.807, 2.05) is 67.8 Å². The first-order valence-electron chi connectivity index (χ1n) is 10.3. The first-order valence-corrected chi connectivity index (χ1v) is 11.2. The summed E-state index contributed by atoms with van der Waals surface area (Å²) in [4.78, 5) is 27.9. The summed E-state index contributed by atoms with van der Waals surface area (Å²) in [5.74, 6) is -0.282. The Morgan fingerprint density at radius 3 is 2.72 bits per heavy atom. The summed E-state index contributed by atoms with van der Waals surface area (Å²) in [6.45, 7) is 4.43. The van der Waals surface area contributed by atoms with Crippen LogP contribution in [-0.2, 0) is 0 Å². The van der Waals surface area contributed by atoms with Crippen LogP contribution in [0.2, 0.25) is 0 Å². The van der Waals surface area contributed by atoms with Gasteiger partial charge in [-0.15, -0.1) is 11.3 Å². The number of anilines is 1. The fourth-order valence-corrected chi connectivity index (χ4v) is 4.19. The van der Waals surface area contributed by atoms with Gasteiger partial charge in [-0.1, -0.05) is 30.3 Å². The molecule has 0 radical (unpaired) electrons. The Hall–Kier alpha value is -3.71. The third-order valence-corrected chi connectivity index (χ3v) is 6.37. The van der Waals surface area contributed by atoms with Crippen LogP contribution in [0.5, 0.6) is 0 Å². The average molecular weight is 445 g/mol. The first-order chi connectivity index (χ1) is 15.5. The van der Waals surface area contributed by atoms with Crippen molar-refractivity contribution in [2.24, 2.45) is 0 Å². The zero-order valence-electron chi connectivity index (χ0n) is 18.2. The van der Waals surface area contributed by atoms with E-state index in [1.54, 1.807) is 24.1 Å². The molecule has 0 aliphatic carbocycles. The van der Waals surface area contributed by atoms with Crippen molar-refractivity contribution < 1.29 is 9.59 Å². The largest absolute Gasteiger partial charge is 0.342 e. The number of thiophene rings is 1. The summed E-state index contributed by atoms with van der Waals surface area (Å²) in [6.07, 6.45) is 3.80. The topological polar surface area (TPSA) is 78.1 Å². The number of benzene rings is 2. The molecule has 4 rings (SSSR count). The van der Waals surface area contributed by atoms with Gasteiger partial charge in [-0.25, -0.2) is 0 Å². The minimum absolute atomic E-state index is 0.0934. The van der Waals surface area contributed by atoms with Crippen molar-refractivity contribution in [3.63, 3.8) is 0 Å². The molecule has 2 heterocycles. The van der Waals surface area contributed by atoms with E-state index >= 15 is 0 Å². The van der Waals surface area contributed by atoms with Crippen molar-refractivity contribution in [2.75, 3.05) is 18.9 Å². The molecule has 0 unspecified atom stereocenters. The Labute approximate surface area is 190 Å². The number of rotatable bonds is 6. The summed E-state index contributed by atoms with van der Waals surface area (Å²) < 4.78 is 0. The lowest BCUT2D eigenvalue weighted by Crippen LogP contribution is -2.26. The lowest BCUT2D eigenvalue weighted by atomic mass is 10.1. The molecule has 2 aromatic heterocycles. The Morgan fingerprint density at radius 1 is 1.16 bits per heavy atom. The summed E-state index contributed by atoms with van der Waals surface area (Å²) in [5, 5.41) is 13.3. The van der Waals surface area contributed by atoms with Crippen LogP contribution < -0.4 is 5.32 Å². The van der Waals surface area contributed by atoms with Crippen molar-refractivity contribution in [1.82, 2.24) is 15.1 Å². The van der Waals surface area contributed by atoms with Crippen molar-refractivity contribution in [2.45, 2.75) is 13.8 Å². The van der Waals surface area contributed by atoms with E-state index in [0.717, 1.165) is 27.7 Å². The van der Waals surface area contributed by atoms with Gasteiger partial charge in [0, 0.05) is 30.2 Å². The standard InChI is InChI=1S/C25H24N4O2S/c1-4-29(3)25(31)18-10-9-17(11-12-21-19-7-5-6-8-20(19)27-28-21)22(15-18)26-24(30)23-16(2)13-14-32-23/h5-15H,4H2,1-3H3,(H,26,30)(H,27,28)/b12-11+. The fraction of sp³-hybridized carbons (Fsp3) is 0.160. The molecule has 0 spiro atoms.